The van der Waals surface area contributed by atoms with Crippen LogP contribution in [-0.4, -0.2) is 80.7 Å². The summed E-state index contributed by atoms with van der Waals surface area (Å²) in [5, 5.41) is 26.1. The zero-order valence-corrected chi connectivity index (χ0v) is 27.3. The number of nitrogens with one attached hydrogen (secondary N) is 1. The number of aromatic hydroxyl groups is 1. The first-order valence-electron chi connectivity index (χ1n) is 15.5. The molecule has 2 aromatic carbocycles. The van der Waals surface area contributed by atoms with Gasteiger partial charge in [0.05, 0.1) is 35.6 Å². The van der Waals surface area contributed by atoms with Gasteiger partial charge in [0.15, 0.2) is 0 Å². The van der Waals surface area contributed by atoms with Crippen LogP contribution in [0.15, 0.2) is 24.3 Å². The van der Waals surface area contributed by atoms with Gasteiger partial charge in [-0.25, -0.2) is 13.8 Å². The highest BCUT2D eigenvalue weighted by atomic mass is 31.0. The predicted octanol–water partition coefficient (Wildman–Crippen LogP) is 5.10. The Labute approximate surface area is 268 Å². The fourth-order valence-electron chi connectivity index (χ4n) is 6.25. The molecule has 3 unspecified atom stereocenters. The lowest BCUT2D eigenvalue weighted by Gasteiger charge is -2.20. The van der Waals surface area contributed by atoms with Crippen molar-refractivity contribution in [2.24, 2.45) is 0 Å². The van der Waals surface area contributed by atoms with Crippen LogP contribution >= 0.6 is 9.24 Å². The molecule has 0 spiro atoms. The van der Waals surface area contributed by atoms with E-state index in [1.165, 1.54) is 38.2 Å². The number of hydrogen-bond donors (Lipinski definition) is 3. The Hall–Kier alpha value is -3.84. The van der Waals surface area contributed by atoms with Gasteiger partial charge in [-0.3, -0.25) is 4.90 Å². The number of phenols is 1. The largest absolute Gasteiger partial charge is 0.508 e. The minimum atomic E-state index is -0.781. The van der Waals surface area contributed by atoms with Crippen molar-refractivity contribution in [1.29, 1.82) is 0 Å². The van der Waals surface area contributed by atoms with Gasteiger partial charge in [-0.2, -0.15) is 9.97 Å². The van der Waals surface area contributed by atoms with Crippen LogP contribution < -0.4 is 20.1 Å². The summed E-state index contributed by atoms with van der Waals surface area (Å²) in [5.41, 5.74) is 0.533. The van der Waals surface area contributed by atoms with E-state index in [0.717, 1.165) is 13.0 Å². The predicted molar refractivity (Wildman–Crippen MR) is 178 cm³/mol. The molecule has 3 aliphatic rings. The van der Waals surface area contributed by atoms with Crippen molar-refractivity contribution in [2.75, 3.05) is 32.1 Å². The second-order valence-corrected chi connectivity index (χ2v) is 13.1. The van der Waals surface area contributed by atoms with Gasteiger partial charge in [0, 0.05) is 35.4 Å². The topological polar surface area (TPSA) is 113 Å². The lowest BCUT2D eigenvalue weighted by atomic mass is 9.96. The molecule has 7 rings (SSSR count). The molecule has 242 valence electrons. The van der Waals surface area contributed by atoms with E-state index in [1.807, 2.05) is 13.8 Å². The average molecular weight is 650 g/mol. The highest BCUT2D eigenvalue weighted by Gasteiger charge is 2.40. The number of phenolic OH excluding ortho intramolecular Hbond substituents is 1. The van der Waals surface area contributed by atoms with Gasteiger partial charge in [0.2, 0.25) is 5.88 Å². The van der Waals surface area contributed by atoms with Crippen molar-refractivity contribution in [3.05, 3.63) is 35.6 Å². The van der Waals surface area contributed by atoms with Crippen molar-refractivity contribution in [3.8, 4) is 41.2 Å². The van der Waals surface area contributed by atoms with Crippen LogP contribution in [-0.2, 0) is 0 Å². The Morgan fingerprint density at radius 2 is 2.00 bits per heavy atom. The van der Waals surface area contributed by atoms with Crippen molar-refractivity contribution < 1.29 is 28.5 Å². The Morgan fingerprint density at radius 3 is 2.67 bits per heavy atom. The molecule has 3 fully saturated rings. The maximum Gasteiger partial charge on any atom is 0.318 e. The van der Waals surface area contributed by atoms with Crippen molar-refractivity contribution in [3.63, 3.8) is 0 Å². The van der Waals surface area contributed by atoms with Gasteiger partial charge in [-0.1, -0.05) is 12.0 Å². The summed E-state index contributed by atoms with van der Waals surface area (Å²) in [7, 11) is 4.08. The van der Waals surface area contributed by atoms with Crippen LogP contribution in [0.3, 0.4) is 0 Å². The number of pyridine rings is 1. The van der Waals surface area contributed by atoms with E-state index in [0.29, 0.717) is 76.0 Å². The molecule has 3 N–H and O–H groups in total. The second kappa shape index (κ2) is 12.7. The van der Waals surface area contributed by atoms with E-state index in [1.54, 1.807) is 6.07 Å². The summed E-state index contributed by atoms with van der Waals surface area (Å²) in [6.45, 7) is 5.87. The number of benzene rings is 2. The number of fused-ring (bicyclic) bond motifs is 3. The summed E-state index contributed by atoms with van der Waals surface area (Å²) in [6, 6.07) is 6.55. The number of nitrogens with zero attached hydrogens (tertiary/aromatic N) is 4. The highest BCUT2D eigenvalue weighted by molar-refractivity contribution is 7.28. The Bertz CT molecular complexity index is 1830. The smallest absolute Gasteiger partial charge is 0.318 e. The minimum absolute atomic E-state index is 0.0324. The van der Waals surface area contributed by atoms with Crippen molar-refractivity contribution in [2.45, 2.75) is 69.9 Å². The van der Waals surface area contributed by atoms with E-state index in [2.05, 4.69) is 35.3 Å². The Kier molecular flexibility index (Phi) is 8.90. The standard InChI is InChI=1S/C27H26FN4O4P.C7H12FN/c1-5-16-18(28)7-6-14-10-15(33)11-17(19(14)16)21-23(37)22-20(25(30-21)36-13(2)3)24(32-26(31-22)35-4)29-12-27(34)8-9-27;8-6-4-7-2-1-3-9(7)5-6/h1,6-7,10-11,13,33-34H,8-9,12,37H2,2-4H3,(H,29,31,32);6-7H,1-5H2. The van der Waals surface area contributed by atoms with Crippen molar-refractivity contribution in [1.82, 2.24) is 19.9 Å². The third kappa shape index (κ3) is 6.39. The highest BCUT2D eigenvalue weighted by Crippen LogP contribution is 2.40. The molecule has 0 bridgehead atoms. The van der Waals surface area contributed by atoms with E-state index in [4.69, 9.17) is 20.9 Å². The zero-order valence-electron chi connectivity index (χ0n) is 26.1. The summed E-state index contributed by atoms with van der Waals surface area (Å²) >= 11 is 0. The van der Waals surface area contributed by atoms with E-state index < -0.39 is 17.6 Å². The number of hydrogen-bond acceptors (Lipinski definition) is 9. The van der Waals surface area contributed by atoms with Gasteiger partial charge in [0.25, 0.3) is 0 Å². The van der Waals surface area contributed by atoms with Gasteiger partial charge >= 0.3 is 6.01 Å². The number of aromatic nitrogens is 3. The number of methoxy groups -OCH3 is 1. The fourth-order valence-corrected chi connectivity index (χ4v) is 6.68. The number of anilines is 1. The number of alkyl halides is 1. The van der Waals surface area contributed by atoms with Gasteiger partial charge in [-0.05, 0) is 76.1 Å². The van der Waals surface area contributed by atoms with E-state index >= 15 is 0 Å². The summed E-state index contributed by atoms with van der Waals surface area (Å²) in [6.07, 6.45) is 9.65. The summed E-state index contributed by atoms with van der Waals surface area (Å²) in [5.74, 6) is 2.48. The lowest BCUT2D eigenvalue weighted by molar-refractivity contribution is 0.164. The molecule has 2 saturated heterocycles. The molecular formula is C34H38F2N5O4P. The van der Waals surface area contributed by atoms with E-state index in [-0.39, 0.29) is 29.3 Å². The molecule has 12 heteroatoms. The van der Waals surface area contributed by atoms with Gasteiger partial charge in [0.1, 0.15) is 28.9 Å². The first-order valence-corrected chi connectivity index (χ1v) is 16.1. The first kappa shape index (κ1) is 32.1. The van der Waals surface area contributed by atoms with Crippen LogP contribution in [0.4, 0.5) is 14.6 Å². The molecular weight excluding hydrogens is 611 g/mol. The summed E-state index contributed by atoms with van der Waals surface area (Å²) < 4.78 is 38.8. The average Bonchev–Trinajstić information content (AvgIpc) is 3.42. The molecule has 4 heterocycles. The van der Waals surface area contributed by atoms with Gasteiger partial charge in [-0.15, -0.1) is 15.7 Å². The third-order valence-electron chi connectivity index (χ3n) is 8.68. The molecule has 2 aromatic heterocycles. The normalized spacial score (nSPS) is 19.9. The monoisotopic (exact) mass is 649 g/mol. The fraction of sp³-hybridized carbons (Fsp3) is 0.441. The number of aliphatic hydroxyl groups is 1. The van der Waals surface area contributed by atoms with Crippen LogP contribution in [0.2, 0.25) is 0 Å². The van der Waals surface area contributed by atoms with Crippen LogP contribution in [0.1, 0.15) is 51.5 Å². The Balaban J connectivity index is 0.000000352. The minimum Gasteiger partial charge on any atom is -0.508 e. The lowest BCUT2D eigenvalue weighted by Crippen LogP contribution is -2.22. The third-order valence-corrected chi connectivity index (χ3v) is 9.23. The SMILES string of the molecule is C#Cc1c(F)ccc2cc(O)cc(-c3nc(OC(C)C)c4c(NCC5(O)CC5)nc(OC)nc4c3P)c12.FC1CC2CCCN2C1. The summed E-state index contributed by atoms with van der Waals surface area (Å²) in [4.78, 5) is 16.1. The molecule has 4 aromatic rings. The number of terminal acetylenes is 1. The van der Waals surface area contributed by atoms with Crippen LogP contribution in [0, 0.1) is 18.2 Å². The van der Waals surface area contributed by atoms with Crippen LogP contribution in [0.5, 0.6) is 17.6 Å². The molecule has 1 saturated carbocycles. The molecule has 2 aliphatic heterocycles. The maximum atomic E-state index is 14.7. The number of ether oxygens (including phenoxy) is 2. The molecule has 46 heavy (non-hydrogen) atoms. The number of rotatable bonds is 7. The Morgan fingerprint density at radius 1 is 1.22 bits per heavy atom. The molecule has 1 aliphatic carbocycles. The zero-order chi connectivity index (χ0) is 32.7. The molecule has 0 amide bonds. The van der Waals surface area contributed by atoms with Crippen molar-refractivity contribution >= 4 is 42.0 Å². The molecule has 3 atom stereocenters. The van der Waals surface area contributed by atoms with E-state index in [9.17, 15) is 19.0 Å². The maximum absolute atomic E-state index is 14.7. The first-order chi connectivity index (χ1) is 22.0. The molecule has 9 nitrogen and oxygen atoms in total. The number of halogens is 2. The molecule has 0 radical (unpaired) electrons. The quantitative estimate of drug-likeness (QED) is 0.186. The second-order valence-electron chi connectivity index (χ2n) is 12.5. The van der Waals surface area contributed by atoms with Gasteiger partial charge < -0.3 is 25.0 Å². The van der Waals surface area contributed by atoms with Crippen LogP contribution in [0.25, 0.3) is 32.9 Å².